The average Bonchev–Trinajstić information content (AvgIpc) is 0. The predicted octanol–water partition coefficient (Wildman–Crippen LogP) is 0.0481. The largest absolute Gasteiger partial charge is 0.153 e. The van der Waals surface area contributed by atoms with Crippen molar-refractivity contribution in [3.63, 3.8) is 0 Å². The first kappa shape index (κ1) is 40.8. The van der Waals surface area contributed by atoms with Gasteiger partial charge in [0.1, 0.15) is 0 Å². The van der Waals surface area contributed by atoms with Gasteiger partial charge in [-0.05, 0) is 0 Å². The maximum absolute atomic E-state index is 0. The van der Waals surface area contributed by atoms with Gasteiger partial charge < -0.3 is 0 Å². The van der Waals surface area contributed by atoms with E-state index in [2.05, 4.69) is 0 Å². The Morgan fingerprint density at radius 3 is 1.00 bits per heavy atom. The van der Waals surface area contributed by atoms with E-state index in [4.69, 9.17) is 0 Å². The van der Waals surface area contributed by atoms with Crippen LogP contribution in [0.15, 0.2) is 0 Å². The smallest absolute Gasteiger partial charge is 0 e. The van der Waals surface area contributed by atoms with Crippen molar-refractivity contribution in [2.45, 2.75) is 0 Å². The van der Waals surface area contributed by atoms with Crippen LogP contribution >= 0.6 is 9.90 Å². The predicted molar refractivity (Wildman–Crippen MR) is 11.1 cm³/mol. The molecule has 5 heteroatoms. The molecule has 1 atom stereocenters. The molecule has 0 nitrogen and oxygen atoms in total. The molecular formula is H3MoPVWZr. The molecule has 0 rings (SSSR count). The molecule has 0 aliphatic carbocycles. The SMILES string of the molecule is P.[Mo].[V].[W].[Zr]. The number of hydrogen-bond donors (Lipinski definition) is 0. The molecule has 0 saturated carbocycles. The maximum Gasteiger partial charge on any atom is 0 e. The van der Waals surface area contributed by atoms with Crippen molar-refractivity contribution >= 4 is 9.90 Å². The van der Waals surface area contributed by atoms with Crippen molar-refractivity contribution in [2.24, 2.45) is 0 Å². The minimum absolute atomic E-state index is 0. The molecule has 0 aromatic heterocycles. The molecule has 1 unspecified atom stereocenters. The van der Waals surface area contributed by atoms with E-state index in [9.17, 15) is 0 Å². The summed E-state index contributed by atoms with van der Waals surface area (Å²) < 4.78 is 0. The van der Waals surface area contributed by atoms with E-state index in [-0.39, 0.29) is 96.8 Å². The van der Waals surface area contributed by atoms with Crippen LogP contribution in [0.1, 0.15) is 0 Å². The molecule has 29 valence electrons. The fourth-order valence-electron chi connectivity index (χ4n) is 0. The van der Waals surface area contributed by atoms with E-state index < -0.39 is 0 Å². The van der Waals surface area contributed by atoms with Crippen LogP contribution in [0, 0.1) is 0 Å². The van der Waals surface area contributed by atoms with Crippen LogP contribution in [0.4, 0.5) is 0 Å². The van der Waals surface area contributed by atoms with Crippen LogP contribution in [-0.2, 0) is 86.9 Å². The summed E-state index contributed by atoms with van der Waals surface area (Å²) in [6.45, 7) is 0. The van der Waals surface area contributed by atoms with E-state index in [0.717, 1.165) is 0 Å². The molecule has 0 amide bonds. The van der Waals surface area contributed by atoms with E-state index in [1.807, 2.05) is 0 Å². The van der Waals surface area contributed by atoms with Gasteiger partial charge in [0.2, 0.25) is 0 Å². The van der Waals surface area contributed by atoms with Crippen LogP contribution in [0.25, 0.3) is 0 Å². The van der Waals surface area contributed by atoms with Gasteiger partial charge >= 0.3 is 0 Å². The standard InChI is InChI=1S/Mo.H3P.V.W.Zr/h;1H3;;;. The van der Waals surface area contributed by atoms with Crippen molar-refractivity contribution in [2.75, 3.05) is 0 Å². The van der Waals surface area contributed by atoms with Crippen molar-refractivity contribution < 1.29 is 86.9 Å². The van der Waals surface area contributed by atoms with Crippen LogP contribution in [0.5, 0.6) is 0 Å². The summed E-state index contributed by atoms with van der Waals surface area (Å²) in [4.78, 5) is 0. The van der Waals surface area contributed by atoms with E-state index in [1.54, 1.807) is 0 Å². The van der Waals surface area contributed by atoms with E-state index in [0.29, 0.717) is 0 Å². The Morgan fingerprint density at radius 1 is 1.00 bits per heavy atom. The third-order valence-corrected chi connectivity index (χ3v) is 0. The molecular weight excluding hydrogens is 453 g/mol. The summed E-state index contributed by atoms with van der Waals surface area (Å²) in [5.74, 6) is 0. The zero-order valence-corrected chi connectivity index (χ0v) is 12.7. The minimum atomic E-state index is 0. The quantitative estimate of drug-likeness (QED) is 0.358. The molecule has 0 saturated heterocycles. The van der Waals surface area contributed by atoms with Gasteiger partial charge in [-0.25, -0.2) is 0 Å². The average molecular weight is 456 g/mol. The zero-order valence-electron chi connectivity index (χ0n) is 2.47. The van der Waals surface area contributed by atoms with Gasteiger partial charge in [0.15, 0.2) is 0 Å². The van der Waals surface area contributed by atoms with Crippen LogP contribution < -0.4 is 0 Å². The number of hydrogen-bond acceptors (Lipinski definition) is 0. The second-order valence-corrected chi connectivity index (χ2v) is 0. The first-order valence-electron chi connectivity index (χ1n) is 0. The first-order chi connectivity index (χ1) is 0. The molecule has 5 heavy (non-hydrogen) atoms. The van der Waals surface area contributed by atoms with Gasteiger partial charge in [0.05, 0.1) is 0 Å². The summed E-state index contributed by atoms with van der Waals surface area (Å²) >= 11 is 0. The minimum Gasteiger partial charge on any atom is -0.153 e. The molecule has 0 spiro atoms. The molecule has 0 aromatic carbocycles. The van der Waals surface area contributed by atoms with Crippen molar-refractivity contribution in [3.8, 4) is 0 Å². The van der Waals surface area contributed by atoms with Gasteiger partial charge in [-0.15, -0.1) is 0 Å². The third kappa shape index (κ3) is 18.9. The van der Waals surface area contributed by atoms with Gasteiger partial charge in [0.25, 0.3) is 0 Å². The summed E-state index contributed by atoms with van der Waals surface area (Å²) in [6, 6.07) is 0. The Bertz CT molecular complexity index is 11.6. The Kier molecular flexibility index (Phi) is 218. The van der Waals surface area contributed by atoms with Gasteiger partial charge in [-0.2, -0.15) is 9.90 Å². The Hall–Kier alpha value is 3.27. The molecule has 1 radical (unpaired) electrons. The van der Waals surface area contributed by atoms with Gasteiger partial charge in [-0.1, -0.05) is 0 Å². The summed E-state index contributed by atoms with van der Waals surface area (Å²) in [5, 5.41) is 0. The fourth-order valence-corrected chi connectivity index (χ4v) is 0. The Balaban J connectivity index is 0. The second-order valence-electron chi connectivity index (χ2n) is 0. The molecule has 0 fully saturated rings. The monoisotopic (exact) mass is 457 g/mol. The second kappa shape index (κ2) is 26.7. The van der Waals surface area contributed by atoms with E-state index in [1.165, 1.54) is 0 Å². The van der Waals surface area contributed by atoms with Crippen LogP contribution in [-0.4, -0.2) is 0 Å². The Morgan fingerprint density at radius 2 is 1.00 bits per heavy atom. The summed E-state index contributed by atoms with van der Waals surface area (Å²) in [7, 11) is 0. The van der Waals surface area contributed by atoms with E-state index >= 15 is 0 Å². The van der Waals surface area contributed by atoms with Crippen molar-refractivity contribution in [1.29, 1.82) is 0 Å². The molecule has 0 N–H and O–H groups in total. The summed E-state index contributed by atoms with van der Waals surface area (Å²) in [5.41, 5.74) is 0. The summed E-state index contributed by atoms with van der Waals surface area (Å²) in [6.07, 6.45) is 0. The third-order valence-electron chi connectivity index (χ3n) is 0. The number of rotatable bonds is 0. The molecule has 0 heterocycles. The molecule has 0 aliphatic heterocycles. The van der Waals surface area contributed by atoms with Gasteiger partial charge in [0, 0.05) is 86.9 Å². The normalized spacial score (nSPS) is 0. The Labute approximate surface area is 95.2 Å². The van der Waals surface area contributed by atoms with Crippen LogP contribution in [0.2, 0.25) is 0 Å². The zero-order chi connectivity index (χ0) is 0. The fraction of sp³-hybridized carbons (Fsp3) is 0. The molecule has 0 aliphatic rings. The molecule has 0 bridgehead atoms. The van der Waals surface area contributed by atoms with Crippen molar-refractivity contribution in [1.82, 2.24) is 0 Å². The van der Waals surface area contributed by atoms with Crippen LogP contribution in [0.3, 0.4) is 0 Å². The topological polar surface area (TPSA) is 0 Å². The van der Waals surface area contributed by atoms with Crippen molar-refractivity contribution in [3.05, 3.63) is 0 Å². The maximum atomic E-state index is 0. The first-order valence-corrected chi connectivity index (χ1v) is 0. The molecule has 0 aromatic rings. The van der Waals surface area contributed by atoms with Gasteiger partial charge in [-0.3, -0.25) is 0 Å².